The first-order valence-corrected chi connectivity index (χ1v) is 6.55. The van der Waals surface area contributed by atoms with Crippen molar-refractivity contribution in [2.75, 3.05) is 6.61 Å². The molecule has 0 atom stereocenters. The van der Waals surface area contributed by atoms with Gasteiger partial charge in [0, 0.05) is 30.3 Å². The summed E-state index contributed by atoms with van der Waals surface area (Å²) in [5, 5.41) is 10.5. The largest absolute Gasteiger partial charge is 0.396 e. The van der Waals surface area contributed by atoms with Crippen LogP contribution < -0.4 is 0 Å². The molecule has 1 aromatic heterocycles. The molecule has 0 aliphatic rings. The second kappa shape index (κ2) is 4.43. The summed E-state index contributed by atoms with van der Waals surface area (Å²) in [7, 11) is 2.09. The Kier molecular flexibility index (Phi) is 3.24. The molecule has 0 aliphatic heterocycles. The zero-order chi connectivity index (χ0) is 13.5. The van der Waals surface area contributed by atoms with Crippen molar-refractivity contribution < 1.29 is 5.11 Å². The van der Waals surface area contributed by atoms with Crippen LogP contribution in [0.15, 0.2) is 18.2 Å². The summed E-state index contributed by atoms with van der Waals surface area (Å²) in [6.07, 6.45) is 0.733. The zero-order valence-corrected chi connectivity index (χ0v) is 12.0. The Morgan fingerprint density at radius 1 is 1.22 bits per heavy atom. The fraction of sp³-hybridized carbons (Fsp3) is 0.500. The molecule has 2 aromatic rings. The molecule has 18 heavy (non-hydrogen) atoms. The van der Waals surface area contributed by atoms with Crippen molar-refractivity contribution in [1.29, 1.82) is 0 Å². The zero-order valence-electron chi connectivity index (χ0n) is 12.0. The number of aliphatic hydroxyl groups is 1. The first-order chi connectivity index (χ1) is 8.36. The molecule has 0 saturated carbocycles. The Morgan fingerprint density at radius 3 is 2.44 bits per heavy atom. The van der Waals surface area contributed by atoms with Crippen molar-refractivity contribution in [3.8, 4) is 0 Å². The standard InChI is InChI=1S/C16H23NO/c1-11-13(8-9-18)14-10-12(16(2,3)4)6-7-15(14)17(11)5/h6-7,10,18H,8-9H2,1-5H3. The number of nitrogens with zero attached hydrogens (tertiary/aromatic N) is 1. The Bertz CT molecular complexity index is 573. The van der Waals surface area contributed by atoms with Crippen LogP contribution in [0.4, 0.5) is 0 Å². The maximum Gasteiger partial charge on any atom is 0.0482 e. The topological polar surface area (TPSA) is 25.2 Å². The van der Waals surface area contributed by atoms with Gasteiger partial charge in [0.25, 0.3) is 0 Å². The van der Waals surface area contributed by atoms with E-state index in [0.29, 0.717) is 0 Å². The smallest absolute Gasteiger partial charge is 0.0482 e. The summed E-state index contributed by atoms with van der Waals surface area (Å²) in [4.78, 5) is 0. The second-order valence-electron chi connectivity index (χ2n) is 6.08. The maximum absolute atomic E-state index is 9.23. The Hall–Kier alpha value is -1.28. The summed E-state index contributed by atoms with van der Waals surface area (Å²) in [5.74, 6) is 0. The maximum atomic E-state index is 9.23. The average molecular weight is 245 g/mol. The van der Waals surface area contributed by atoms with Gasteiger partial charge in [-0.1, -0.05) is 26.8 Å². The number of fused-ring (bicyclic) bond motifs is 1. The first-order valence-electron chi connectivity index (χ1n) is 6.55. The fourth-order valence-corrected chi connectivity index (χ4v) is 2.54. The van der Waals surface area contributed by atoms with Gasteiger partial charge in [-0.2, -0.15) is 0 Å². The van der Waals surface area contributed by atoms with Crippen LogP contribution in [0, 0.1) is 6.92 Å². The van der Waals surface area contributed by atoms with E-state index in [1.165, 1.54) is 27.7 Å². The van der Waals surface area contributed by atoms with Gasteiger partial charge in [0.05, 0.1) is 0 Å². The van der Waals surface area contributed by atoms with Gasteiger partial charge in [0.2, 0.25) is 0 Å². The molecule has 0 bridgehead atoms. The highest BCUT2D eigenvalue weighted by Gasteiger charge is 2.17. The van der Waals surface area contributed by atoms with Crippen LogP contribution in [-0.2, 0) is 18.9 Å². The SMILES string of the molecule is Cc1c(CCO)c2cc(C(C)(C)C)ccc2n1C. The Labute approximate surface area is 109 Å². The van der Waals surface area contributed by atoms with Crippen LogP contribution in [0.2, 0.25) is 0 Å². The van der Waals surface area contributed by atoms with E-state index in [0.717, 1.165) is 6.42 Å². The van der Waals surface area contributed by atoms with Gasteiger partial charge >= 0.3 is 0 Å². The molecular formula is C16H23NO. The third-order valence-electron chi connectivity index (χ3n) is 3.85. The number of rotatable bonds is 2. The number of aliphatic hydroxyl groups excluding tert-OH is 1. The minimum absolute atomic E-state index is 0.161. The van der Waals surface area contributed by atoms with Crippen molar-refractivity contribution in [1.82, 2.24) is 4.57 Å². The number of aromatic nitrogens is 1. The van der Waals surface area contributed by atoms with E-state index in [1.807, 2.05) is 0 Å². The van der Waals surface area contributed by atoms with Gasteiger partial charge < -0.3 is 9.67 Å². The quantitative estimate of drug-likeness (QED) is 0.862. The minimum Gasteiger partial charge on any atom is -0.396 e. The molecule has 0 saturated heterocycles. The number of hydrogen-bond donors (Lipinski definition) is 1. The van der Waals surface area contributed by atoms with Crippen molar-refractivity contribution in [2.45, 2.75) is 39.5 Å². The van der Waals surface area contributed by atoms with E-state index in [-0.39, 0.29) is 12.0 Å². The highest BCUT2D eigenvalue weighted by Crippen LogP contribution is 2.30. The summed E-state index contributed by atoms with van der Waals surface area (Å²) in [5.41, 5.74) is 5.30. The molecule has 98 valence electrons. The summed E-state index contributed by atoms with van der Waals surface area (Å²) in [6, 6.07) is 6.70. The highest BCUT2D eigenvalue weighted by atomic mass is 16.2. The summed E-state index contributed by atoms with van der Waals surface area (Å²) >= 11 is 0. The molecule has 1 heterocycles. The predicted molar refractivity (Wildman–Crippen MR) is 77.1 cm³/mol. The molecule has 1 aromatic carbocycles. The average Bonchev–Trinajstić information content (AvgIpc) is 2.53. The lowest BCUT2D eigenvalue weighted by molar-refractivity contribution is 0.299. The summed E-state index contributed by atoms with van der Waals surface area (Å²) in [6.45, 7) is 9.03. The fourth-order valence-electron chi connectivity index (χ4n) is 2.54. The van der Waals surface area contributed by atoms with Crippen molar-refractivity contribution in [3.05, 3.63) is 35.0 Å². The van der Waals surface area contributed by atoms with Gasteiger partial charge in [-0.25, -0.2) is 0 Å². The van der Waals surface area contributed by atoms with Crippen LogP contribution in [0.3, 0.4) is 0 Å². The normalized spacial score (nSPS) is 12.3. The molecule has 1 N–H and O–H groups in total. The predicted octanol–water partition coefficient (Wildman–Crippen LogP) is 3.32. The van der Waals surface area contributed by atoms with Crippen molar-refractivity contribution in [2.24, 2.45) is 7.05 Å². The lowest BCUT2D eigenvalue weighted by Crippen LogP contribution is -2.10. The molecule has 0 unspecified atom stereocenters. The van der Waals surface area contributed by atoms with E-state index >= 15 is 0 Å². The highest BCUT2D eigenvalue weighted by molar-refractivity contribution is 5.86. The second-order valence-corrected chi connectivity index (χ2v) is 6.08. The van der Waals surface area contributed by atoms with Gasteiger partial charge in [-0.05, 0) is 42.0 Å². The van der Waals surface area contributed by atoms with E-state index in [2.05, 4.69) is 57.5 Å². The molecular weight excluding hydrogens is 222 g/mol. The molecule has 2 rings (SSSR count). The molecule has 0 aliphatic carbocycles. The van der Waals surface area contributed by atoms with Gasteiger partial charge in [0.1, 0.15) is 0 Å². The van der Waals surface area contributed by atoms with E-state index in [1.54, 1.807) is 0 Å². The van der Waals surface area contributed by atoms with E-state index < -0.39 is 0 Å². The number of aryl methyl sites for hydroxylation is 1. The van der Waals surface area contributed by atoms with Gasteiger partial charge in [-0.3, -0.25) is 0 Å². The number of benzene rings is 1. The molecule has 0 amide bonds. The summed E-state index contributed by atoms with van der Waals surface area (Å²) < 4.78 is 2.22. The molecule has 0 fully saturated rings. The molecule has 2 nitrogen and oxygen atoms in total. The Morgan fingerprint density at radius 2 is 1.89 bits per heavy atom. The monoisotopic (exact) mass is 245 g/mol. The lowest BCUT2D eigenvalue weighted by atomic mass is 9.86. The van der Waals surface area contributed by atoms with Crippen molar-refractivity contribution >= 4 is 10.9 Å². The molecule has 2 heteroatoms. The van der Waals surface area contributed by atoms with Crippen LogP contribution in [-0.4, -0.2) is 16.3 Å². The van der Waals surface area contributed by atoms with Gasteiger partial charge in [0.15, 0.2) is 0 Å². The van der Waals surface area contributed by atoms with E-state index in [9.17, 15) is 5.11 Å². The molecule has 0 spiro atoms. The first kappa shape index (κ1) is 13.2. The third kappa shape index (κ3) is 2.05. The van der Waals surface area contributed by atoms with Crippen molar-refractivity contribution in [3.63, 3.8) is 0 Å². The number of hydrogen-bond acceptors (Lipinski definition) is 1. The van der Waals surface area contributed by atoms with Crippen LogP contribution >= 0.6 is 0 Å². The van der Waals surface area contributed by atoms with Crippen LogP contribution in [0.5, 0.6) is 0 Å². The third-order valence-corrected chi connectivity index (χ3v) is 3.85. The molecule has 0 radical (unpaired) electrons. The minimum atomic E-state index is 0.161. The van der Waals surface area contributed by atoms with Crippen LogP contribution in [0.1, 0.15) is 37.6 Å². The van der Waals surface area contributed by atoms with E-state index in [4.69, 9.17) is 0 Å². The lowest BCUT2D eigenvalue weighted by Gasteiger charge is -2.19. The van der Waals surface area contributed by atoms with Gasteiger partial charge in [-0.15, -0.1) is 0 Å². The Balaban J connectivity index is 2.71. The van der Waals surface area contributed by atoms with Crippen LogP contribution in [0.25, 0.3) is 10.9 Å².